The number of rotatable bonds is 6. The number of aromatic nitrogens is 2. The van der Waals surface area contributed by atoms with Gasteiger partial charge in [0.05, 0.1) is 29.0 Å². The number of hydrogen-bond donors (Lipinski definition) is 1. The van der Waals surface area contributed by atoms with Crippen molar-refractivity contribution in [2.75, 3.05) is 27.7 Å². The zero-order chi connectivity index (χ0) is 15.6. The van der Waals surface area contributed by atoms with E-state index in [0.29, 0.717) is 0 Å². The molecule has 0 spiro atoms. The lowest BCUT2D eigenvalue weighted by molar-refractivity contribution is 0.366. The van der Waals surface area contributed by atoms with E-state index in [0.717, 1.165) is 40.3 Å². The topological polar surface area (TPSA) is 46.2 Å². The molecular formula is C15H23BrN4O. The molecule has 0 fully saturated rings. The van der Waals surface area contributed by atoms with Gasteiger partial charge in [0.2, 0.25) is 0 Å². The first-order valence-corrected chi connectivity index (χ1v) is 7.83. The lowest BCUT2D eigenvalue weighted by Crippen LogP contribution is -2.25. The second-order valence-electron chi connectivity index (χ2n) is 5.49. The molecule has 2 rings (SSSR count). The molecule has 0 aromatic carbocycles. The van der Waals surface area contributed by atoms with Crippen LogP contribution in [0.4, 0.5) is 0 Å². The number of halogens is 1. The molecule has 0 amide bonds. The van der Waals surface area contributed by atoms with E-state index in [9.17, 15) is 0 Å². The third kappa shape index (κ3) is 3.56. The van der Waals surface area contributed by atoms with E-state index < -0.39 is 0 Å². The van der Waals surface area contributed by atoms with Gasteiger partial charge in [0.1, 0.15) is 11.5 Å². The first kappa shape index (κ1) is 16.3. The van der Waals surface area contributed by atoms with Crippen molar-refractivity contribution in [3.05, 3.63) is 39.5 Å². The minimum atomic E-state index is 0.0569. The summed E-state index contributed by atoms with van der Waals surface area (Å²) in [5, 5.41) is 7.87. The van der Waals surface area contributed by atoms with Gasteiger partial charge in [-0.1, -0.05) is 0 Å². The zero-order valence-electron chi connectivity index (χ0n) is 13.3. The van der Waals surface area contributed by atoms with Crippen LogP contribution in [-0.4, -0.2) is 42.4 Å². The average molecular weight is 355 g/mol. The summed E-state index contributed by atoms with van der Waals surface area (Å²) < 4.78 is 8.74. The Morgan fingerprint density at radius 3 is 2.67 bits per heavy atom. The average Bonchev–Trinajstić information content (AvgIpc) is 2.93. The Kier molecular flexibility index (Phi) is 5.24. The van der Waals surface area contributed by atoms with Gasteiger partial charge in [0.15, 0.2) is 0 Å². The van der Waals surface area contributed by atoms with Crippen molar-refractivity contribution in [1.29, 1.82) is 0 Å². The minimum absolute atomic E-state index is 0.0569. The summed E-state index contributed by atoms with van der Waals surface area (Å²) in [6.07, 6.45) is 1.86. The van der Waals surface area contributed by atoms with E-state index in [-0.39, 0.29) is 6.04 Å². The highest BCUT2D eigenvalue weighted by Crippen LogP contribution is 2.31. The van der Waals surface area contributed by atoms with Crippen LogP contribution in [0, 0.1) is 13.8 Å². The summed E-state index contributed by atoms with van der Waals surface area (Å²) in [5.74, 6) is 1.87. The normalized spacial score (nSPS) is 13.1. The van der Waals surface area contributed by atoms with Crippen LogP contribution in [0.5, 0.6) is 0 Å². The van der Waals surface area contributed by atoms with Gasteiger partial charge in [-0.2, -0.15) is 5.10 Å². The standard InChI is InChI=1S/C15H23BrN4O/c1-10-8-12(11(2)21-10)14(17-3)15-13(16)9-18-20(15)7-6-19(4)5/h8-9,14,17H,6-7H2,1-5H3. The van der Waals surface area contributed by atoms with E-state index in [1.54, 1.807) is 0 Å². The molecule has 116 valence electrons. The highest BCUT2D eigenvalue weighted by atomic mass is 79.9. The Bertz CT molecular complexity index is 603. The van der Waals surface area contributed by atoms with Crippen molar-refractivity contribution in [1.82, 2.24) is 20.0 Å². The van der Waals surface area contributed by atoms with Crippen LogP contribution < -0.4 is 5.32 Å². The first-order valence-electron chi connectivity index (χ1n) is 7.04. The summed E-state index contributed by atoms with van der Waals surface area (Å²) in [5.41, 5.74) is 2.28. The summed E-state index contributed by atoms with van der Waals surface area (Å²) in [4.78, 5) is 2.15. The summed E-state index contributed by atoms with van der Waals surface area (Å²) >= 11 is 3.63. The van der Waals surface area contributed by atoms with Gasteiger partial charge in [0, 0.05) is 12.1 Å². The summed E-state index contributed by atoms with van der Waals surface area (Å²) in [6, 6.07) is 2.15. The first-order chi connectivity index (χ1) is 9.93. The van der Waals surface area contributed by atoms with Crippen LogP contribution in [0.25, 0.3) is 0 Å². The number of nitrogens with zero attached hydrogens (tertiary/aromatic N) is 3. The fourth-order valence-electron chi connectivity index (χ4n) is 2.51. The number of aryl methyl sites for hydroxylation is 2. The van der Waals surface area contributed by atoms with Crippen molar-refractivity contribution in [3.63, 3.8) is 0 Å². The van der Waals surface area contributed by atoms with Gasteiger partial charge in [-0.25, -0.2) is 0 Å². The molecule has 1 atom stereocenters. The Morgan fingerprint density at radius 2 is 2.14 bits per heavy atom. The molecule has 0 saturated carbocycles. The number of furan rings is 1. The largest absolute Gasteiger partial charge is 0.466 e. The van der Waals surface area contributed by atoms with Crippen LogP contribution in [-0.2, 0) is 6.54 Å². The minimum Gasteiger partial charge on any atom is -0.466 e. The number of hydrogen-bond acceptors (Lipinski definition) is 4. The fourth-order valence-corrected chi connectivity index (χ4v) is 3.03. The maximum absolute atomic E-state index is 5.68. The molecule has 1 unspecified atom stereocenters. The molecular weight excluding hydrogens is 332 g/mol. The highest BCUT2D eigenvalue weighted by Gasteiger charge is 2.24. The fraction of sp³-hybridized carbons (Fsp3) is 0.533. The van der Waals surface area contributed by atoms with Gasteiger partial charge in [-0.05, 0) is 57.0 Å². The maximum Gasteiger partial charge on any atom is 0.106 e. The molecule has 2 aromatic heterocycles. The Balaban J connectivity index is 2.38. The van der Waals surface area contributed by atoms with E-state index in [1.807, 2.05) is 31.8 Å². The third-order valence-electron chi connectivity index (χ3n) is 3.54. The molecule has 1 N–H and O–H groups in total. The van der Waals surface area contributed by atoms with Crippen molar-refractivity contribution < 1.29 is 4.42 Å². The number of nitrogens with one attached hydrogen (secondary N) is 1. The van der Waals surface area contributed by atoms with Crippen LogP contribution in [0.3, 0.4) is 0 Å². The Morgan fingerprint density at radius 1 is 1.43 bits per heavy atom. The van der Waals surface area contributed by atoms with Gasteiger partial charge in [-0.3, -0.25) is 4.68 Å². The molecule has 0 bridgehead atoms. The molecule has 5 nitrogen and oxygen atoms in total. The molecule has 2 aromatic rings. The molecule has 2 heterocycles. The van der Waals surface area contributed by atoms with E-state index in [4.69, 9.17) is 4.42 Å². The second-order valence-corrected chi connectivity index (χ2v) is 6.35. The lowest BCUT2D eigenvalue weighted by Gasteiger charge is -2.19. The quantitative estimate of drug-likeness (QED) is 0.866. The van der Waals surface area contributed by atoms with Gasteiger partial charge < -0.3 is 14.6 Å². The van der Waals surface area contributed by atoms with Crippen LogP contribution in [0.15, 0.2) is 21.2 Å². The Labute approximate surface area is 134 Å². The molecule has 0 aliphatic heterocycles. The number of likely N-dealkylation sites (N-methyl/N-ethyl adjacent to an activating group) is 1. The second kappa shape index (κ2) is 6.77. The predicted octanol–water partition coefficient (Wildman–Crippen LogP) is 2.73. The predicted molar refractivity (Wildman–Crippen MR) is 87.6 cm³/mol. The maximum atomic E-state index is 5.68. The Hall–Kier alpha value is -1.11. The van der Waals surface area contributed by atoms with Crippen LogP contribution in [0.2, 0.25) is 0 Å². The third-order valence-corrected chi connectivity index (χ3v) is 4.16. The van der Waals surface area contributed by atoms with E-state index in [2.05, 4.69) is 51.4 Å². The molecule has 0 saturated heterocycles. The molecule has 6 heteroatoms. The van der Waals surface area contributed by atoms with E-state index in [1.165, 1.54) is 0 Å². The van der Waals surface area contributed by atoms with Gasteiger partial charge >= 0.3 is 0 Å². The van der Waals surface area contributed by atoms with Gasteiger partial charge in [0.25, 0.3) is 0 Å². The SMILES string of the molecule is CNC(c1cc(C)oc1C)c1c(Br)cnn1CCN(C)C. The van der Waals surface area contributed by atoms with E-state index >= 15 is 0 Å². The molecule has 21 heavy (non-hydrogen) atoms. The van der Waals surface area contributed by atoms with Crippen molar-refractivity contribution in [2.45, 2.75) is 26.4 Å². The smallest absolute Gasteiger partial charge is 0.106 e. The highest BCUT2D eigenvalue weighted by molar-refractivity contribution is 9.10. The lowest BCUT2D eigenvalue weighted by atomic mass is 10.0. The zero-order valence-corrected chi connectivity index (χ0v) is 14.9. The summed E-state index contributed by atoms with van der Waals surface area (Å²) in [7, 11) is 6.09. The summed E-state index contributed by atoms with van der Waals surface area (Å²) in [6.45, 7) is 5.77. The monoisotopic (exact) mass is 354 g/mol. The van der Waals surface area contributed by atoms with Crippen molar-refractivity contribution in [2.24, 2.45) is 0 Å². The molecule has 0 radical (unpaired) electrons. The van der Waals surface area contributed by atoms with Crippen molar-refractivity contribution >= 4 is 15.9 Å². The van der Waals surface area contributed by atoms with Crippen LogP contribution >= 0.6 is 15.9 Å². The van der Waals surface area contributed by atoms with Gasteiger partial charge in [-0.15, -0.1) is 0 Å². The molecule has 0 aliphatic rings. The van der Waals surface area contributed by atoms with Crippen molar-refractivity contribution in [3.8, 4) is 0 Å². The van der Waals surface area contributed by atoms with Crippen LogP contribution in [0.1, 0.15) is 28.8 Å². The molecule has 0 aliphatic carbocycles.